The number of sulfonamides is 2. The van der Waals surface area contributed by atoms with E-state index in [1.165, 1.54) is 36.4 Å². The average molecular weight is 749 g/mol. The Morgan fingerprint density at radius 1 is 0.556 bits per heavy atom. The van der Waals surface area contributed by atoms with Gasteiger partial charge in [-0.25, -0.2) is 25.3 Å². The molecule has 8 nitrogen and oxygen atoms in total. The molecule has 0 bridgehead atoms. The van der Waals surface area contributed by atoms with Gasteiger partial charge in [0.1, 0.15) is 0 Å². The highest BCUT2D eigenvalue weighted by Gasteiger charge is 2.50. The highest BCUT2D eigenvalue weighted by atomic mass is 35.5. The molecule has 2 atom stereocenters. The van der Waals surface area contributed by atoms with Gasteiger partial charge in [0.15, 0.2) is 9.84 Å². The lowest BCUT2D eigenvalue weighted by molar-refractivity contribution is 0.219. The summed E-state index contributed by atoms with van der Waals surface area (Å²) in [5, 5.41) is 0.239. The first-order valence-corrected chi connectivity index (χ1v) is 19.6. The van der Waals surface area contributed by atoms with Gasteiger partial charge in [0.25, 0.3) is 0 Å². The molecule has 5 rings (SSSR count). The summed E-state index contributed by atoms with van der Waals surface area (Å²) in [5.74, 6) is -1.24. The Morgan fingerprint density at radius 3 is 1.24 bits per heavy atom. The Kier molecular flexibility index (Phi) is 10.2. The van der Waals surface area contributed by atoms with Gasteiger partial charge >= 0.3 is 0 Å². The van der Waals surface area contributed by atoms with Crippen molar-refractivity contribution >= 4 is 76.3 Å². The van der Waals surface area contributed by atoms with Gasteiger partial charge in [0.2, 0.25) is 20.0 Å². The van der Waals surface area contributed by atoms with Crippen molar-refractivity contribution in [1.29, 1.82) is 0 Å². The molecule has 45 heavy (non-hydrogen) atoms. The van der Waals surface area contributed by atoms with Gasteiger partial charge in [-0.3, -0.25) is 0 Å². The molecule has 0 saturated carbocycles. The number of nitrogens with zero attached hydrogens (tertiary/aromatic N) is 2. The van der Waals surface area contributed by atoms with Crippen LogP contribution in [0.25, 0.3) is 0 Å². The SMILES string of the molecule is O=S1(=O)C[C@H](N(Cc2ccccc2)S(=O)(=O)c2ccc(Cl)c(Cl)c2)[C@@H](N(Cc2ccccc2)S(=O)(=O)c2ccc(Cl)c(Cl)c2)C1. The Hall–Kier alpha value is -2.19. The number of hydrogen-bond acceptors (Lipinski definition) is 6. The molecular formula is C30H26Cl4N2O6S3. The lowest BCUT2D eigenvalue weighted by Gasteiger charge is -2.37. The zero-order chi connectivity index (χ0) is 32.6. The Bertz CT molecular complexity index is 1890. The summed E-state index contributed by atoms with van der Waals surface area (Å²) in [5.41, 5.74) is 1.12. The molecule has 0 radical (unpaired) electrons. The third kappa shape index (κ3) is 7.53. The van der Waals surface area contributed by atoms with Crippen LogP contribution in [0.15, 0.2) is 107 Å². The molecule has 1 saturated heterocycles. The predicted molar refractivity (Wildman–Crippen MR) is 177 cm³/mol. The van der Waals surface area contributed by atoms with E-state index < -0.39 is 53.5 Å². The van der Waals surface area contributed by atoms with Crippen LogP contribution in [0.2, 0.25) is 20.1 Å². The zero-order valence-corrected chi connectivity index (χ0v) is 28.8. The predicted octanol–water partition coefficient (Wildman–Crippen LogP) is 6.55. The van der Waals surface area contributed by atoms with Crippen LogP contribution in [-0.4, -0.2) is 57.5 Å². The first-order valence-electron chi connectivity index (χ1n) is 13.4. The highest BCUT2D eigenvalue weighted by molar-refractivity contribution is 7.92. The van der Waals surface area contributed by atoms with Crippen LogP contribution in [0.4, 0.5) is 0 Å². The lowest BCUT2D eigenvalue weighted by Crippen LogP contribution is -2.54. The summed E-state index contributed by atoms with van der Waals surface area (Å²) in [7, 11) is -12.9. The van der Waals surface area contributed by atoms with E-state index >= 15 is 0 Å². The molecule has 4 aromatic rings. The Morgan fingerprint density at radius 2 is 0.911 bits per heavy atom. The van der Waals surface area contributed by atoms with Crippen molar-refractivity contribution in [2.75, 3.05) is 11.5 Å². The first kappa shape index (κ1) is 34.2. The van der Waals surface area contributed by atoms with Gasteiger partial charge in [-0.1, -0.05) is 107 Å². The zero-order valence-electron chi connectivity index (χ0n) is 23.3. The Balaban J connectivity index is 1.69. The van der Waals surface area contributed by atoms with E-state index in [-0.39, 0.29) is 43.0 Å². The molecule has 0 unspecified atom stereocenters. The van der Waals surface area contributed by atoms with Crippen molar-refractivity contribution < 1.29 is 25.3 Å². The van der Waals surface area contributed by atoms with Crippen LogP contribution in [0, 0.1) is 0 Å². The van der Waals surface area contributed by atoms with Crippen LogP contribution in [0.5, 0.6) is 0 Å². The van der Waals surface area contributed by atoms with E-state index in [1.54, 1.807) is 60.7 Å². The van der Waals surface area contributed by atoms with Gasteiger partial charge < -0.3 is 0 Å². The topological polar surface area (TPSA) is 109 Å². The van der Waals surface area contributed by atoms with Gasteiger partial charge in [-0.2, -0.15) is 8.61 Å². The number of hydrogen-bond donors (Lipinski definition) is 0. The number of rotatable bonds is 10. The second kappa shape index (κ2) is 13.5. The van der Waals surface area contributed by atoms with Gasteiger partial charge in [-0.15, -0.1) is 0 Å². The van der Waals surface area contributed by atoms with Crippen LogP contribution in [-0.2, 0) is 43.0 Å². The maximum absolute atomic E-state index is 14.4. The molecule has 1 heterocycles. The maximum atomic E-state index is 14.4. The summed E-state index contributed by atoms with van der Waals surface area (Å²) >= 11 is 24.5. The van der Waals surface area contributed by atoms with Gasteiger partial charge in [0, 0.05) is 13.1 Å². The number of sulfone groups is 1. The normalized spacial score (nSPS) is 18.4. The third-order valence-corrected chi connectivity index (χ3v) is 14.3. The van der Waals surface area contributed by atoms with E-state index in [4.69, 9.17) is 46.4 Å². The van der Waals surface area contributed by atoms with Crippen molar-refractivity contribution in [3.8, 4) is 0 Å². The molecule has 4 aromatic carbocycles. The lowest BCUT2D eigenvalue weighted by atomic mass is 10.1. The molecule has 0 N–H and O–H groups in total. The summed E-state index contributed by atoms with van der Waals surface area (Å²) in [4.78, 5) is -0.448. The molecule has 0 amide bonds. The molecular weight excluding hydrogens is 722 g/mol. The molecule has 0 aromatic heterocycles. The standard InChI is InChI=1S/C30H26Cl4N2O6S3/c31-25-13-11-23(15-27(25)33)44(39,40)35(17-21-7-3-1-4-8-21)29-19-43(37,38)20-30(29)36(18-22-9-5-2-6-10-22)45(41,42)24-12-14-26(32)28(34)16-24/h1-16,29-30H,17-20H2/t29-,30-/m0/s1. The minimum Gasteiger partial charge on any atom is -0.229 e. The molecule has 0 spiro atoms. The molecule has 0 aliphatic carbocycles. The Labute approximate surface area is 283 Å². The monoisotopic (exact) mass is 746 g/mol. The largest absolute Gasteiger partial charge is 0.243 e. The molecule has 15 heteroatoms. The third-order valence-electron chi connectivity index (χ3n) is 7.39. The number of halogens is 4. The quantitative estimate of drug-likeness (QED) is 0.182. The van der Waals surface area contributed by atoms with E-state index in [0.717, 1.165) is 8.61 Å². The smallest absolute Gasteiger partial charge is 0.229 e. The fourth-order valence-corrected chi connectivity index (χ4v) is 11.4. The van der Waals surface area contributed by atoms with E-state index in [9.17, 15) is 25.3 Å². The van der Waals surface area contributed by atoms with Crippen molar-refractivity contribution in [3.63, 3.8) is 0 Å². The summed E-state index contributed by atoms with van der Waals surface area (Å²) < 4.78 is 86.2. The summed E-state index contributed by atoms with van der Waals surface area (Å²) in [6, 6.07) is 22.1. The van der Waals surface area contributed by atoms with E-state index in [0.29, 0.717) is 11.1 Å². The maximum Gasteiger partial charge on any atom is 0.243 e. The number of benzene rings is 4. The second-order valence-corrected chi connectivity index (χ2v) is 18.0. The van der Waals surface area contributed by atoms with Crippen LogP contribution in [0.1, 0.15) is 11.1 Å². The van der Waals surface area contributed by atoms with Crippen molar-refractivity contribution in [1.82, 2.24) is 8.61 Å². The van der Waals surface area contributed by atoms with Crippen LogP contribution >= 0.6 is 46.4 Å². The average Bonchev–Trinajstić information content (AvgIpc) is 3.32. The first-order chi connectivity index (χ1) is 21.2. The van der Waals surface area contributed by atoms with E-state index in [2.05, 4.69) is 0 Å². The fourth-order valence-electron chi connectivity index (χ4n) is 5.19. The van der Waals surface area contributed by atoms with Crippen molar-refractivity contribution in [2.45, 2.75) is 35.0 Å². The van der Waals surface area contributed by atoms with Gasteiger partial charge in [-0.05, 0) is 47.5 Å². The van der Waals surface area contributed by atoms with E-state index in [1.807, 2.05) is 0 Å². The summed E-state index contributed by atoms with van der Waals surface area (Å²) in [6.45, 7) is -0.488. The van der Waals surface area contributed by atoms with Crippen LogP contribution in [0.3, 0.4) is 0 Å². The summed E-state index contributed by atoms with van der Waals surface area (Å²) in [6.07, 6.45) is 0. The minimum absolute atomic E-state index is 0.0131. The molecule has 1 aliphatic heterocycles. The second-order valence-electron chi connectivity index (χ2n) is 10.4. The van der Waals surface area contributed by atoms with Crippen LogP contribution < -0.4 is 0 Å². The highest BCUT2D eigenvalue weighted by Crippen LogP contribution is 2.36. The minimum atomic E-state index is -4.47. The molecule has 238 valence electrons. The molecule has 1 aliphatic rings. The van der Waals surface area contributed by atoms with Gasteiger partial charge in [0.05, 0.1) is 53.5 Å². The van der Waals surface area contributed by atoms with Crippen molar-refractivity contribution in [2.24, 2.45) is 0 Å². The fraction of sp³-hybridized carbons (Fsp3) is 0.200. The molecule has 1 fully saturated rings. The van der Waals surface area contributed by atoms with Crippen molar-refractivity contribution in [3.05, 3.63) is 128 Å².